The summed E-state index contributed by atoms with van der Waals surface area (Å²) in [5, 5.41) is 2.77. The van der Waals surface area contributed by atoms with Crippen molar-refractivity contribution in [3.8, 4) is 0 Å². The molecule has 0 saturated carbocycles. The largest absolute Gasteiger partial charge is 0.399 e. The highest BCUT2D eigenvalue weighted by Gasteiger charge is 2.24. The number of carbonyl (C=O) groups excluding carboxylic acids is 2. The molecule has 19 heavy (non-hydrogen) atoms. The summed E-state index contributed by atoms with van der Waals surface area (Å²) >= 11 is 5.92. The number of nitrogens with two attached hydrogens (primary N) is 1. The van der Waals surface area contributed by atoms with E-state index < -0.39 is 11.8 Å². The maximum absolute atomic E-state index is 11.9. The average Bonchev–Trinajstić information content (AvgIpc) is 2.42. The SMILES string of the molecule is Nc1ccc(NC(=O)C(=O)N2CCOCC2)c(Cl)c1. The standard InChI is InChI=1S/C12H14ClN3O3/c13-9-7-8(14)1-2-10(9)15-11(17)12(18)16-3-5-19-6-4-16/h1-2,7H,3-6,14H2,(H,15,17). The van der Waals surface area contributed by atoms with Crippen molar-refractivity contribution in [2.75, 3.05) is 37.4 Å². The Kier molecular flexibility index (Phi) is 4.24. The zero-order chi connectivity index (χ0) is 13.8. The topological polar surface area (TPSA) is 84.7 Å². The first-order chi connectivity index (χ1) is 9.08. The Morgan fingerprint density at radius 1 is 1.32 bits per heavy atom. The molecule has 0 unspecified atom stereocenters. The second-order valence-corrected chi connectivity index (χ2v) is 4.51. The number of anilines is 2. The lowest BCUT2D eigenvalue weighted by Crippen LogP contribution is -2.45. The summed E-state index contributed by atoms with van der Waals surface area (Å²) in [6.45, 7) is 1.73. The molecule has 0 aliphatic carbocycles. The average molecular weight is 284 g/mol. The van der Waals surface area contributed by atoms with E-state index in [9.17, 15) is 9.59 Å². The maximum atomic E-state index is 11.9. The second-order valence-electron chi connectivity index (χ2n) is 4.10. The molecule has 0 aromatic heterocycles. The van der Waals surface area contributed by atoms with E-state index in [2.05, 4.69) is 5.32 Å². The van der Waals surface area contributed by atoms with Gasteiger partial charge in [-0.3, -0.25) is 9.59 Å². The second kappa shape index (κ2) is 5.90. The molecule has 0 bridgehead atoms. The molecule has 3 N–H and O–H groups in total. The Morgan fingerprint density at radius 2 is 2.00 bits per heavy atom. The monoisotopic (exact) mass is 283 g/mol. The van der Waals surface area contributed by atoms with Crippen LogP contribution in [0.25, 0.3) is 0 Å². The Bertz CT molecular complexity index is 501. The van der Waals surface area contributed by atoms with Crippen LogP contribution in [0.15, 0.2) is 18.2 Å². The smallest absolute Gasteiger partial charge is 0.313 e. The van der Waals surface area contributed by atoms with Crippen molar-refractivity contribution in [1.82, 2.24) is 4.90 Å². The zero-order valence-corrected chi connectivity index (χ0v) is 10.9. The first-order valence-electron chi connectivity index (χ1n) is 5.81. The van der Waals surface area contributed by atoms with Crippen molar-refractivity contribution in [2.24, 2.45) is 0 Å². The van der Waals surface area contributed by atoms with Gasteiger partial charge in [-0.1, -0.05) is 11.6 Å². The van der Waals surface area contributed by atoms with Gasteiger partial charge in [-0.05, 0) is 18.2 Å². The van der Waals surface area contributed by atoms with Crippen LogP contribution in [0.2, 0.25) is 5.02 Å². The third-order valence-electron chi connectivity index (χ3n) is 2.73. The fraction of sp³-hybridized carbons (Fsp3) is 0.333. The molecule has 0 radical (unpaired) electrons. The Balaban J connectivity index is 2.01. The van der Waals surface area contributed by atoms with E-state index in [0.29, 0.717) is 42.7 Å². The van der Waals surface area contributed by atoms with E-state index in [0.717, 1.165) is 0 Å². The highest BCUT2D eigenvalue weighted by Crippen LogP contribution is 2.24. The number of nitrogen functional groups attached to an aromatic ring is 1. The summed E-state index contributed by atoms with van der Waals surface area (Å²) in [7, 11) is 0. The van der Waals surface area contributed by atoms with Crippen LogP contribution in [0.1, 0.15) is 0 Å². The van der Waals surface area contributed by atoms with Gasteiger partial charge in [0.2, 0.25) is 0 Å². The Labute approximate surface area is 115 Å². The fourth-order valence-corrected chi connectivity index (χ4v) is 1.95. The number of nitrogens with zero attached hydrogens (tertiary/aromatic N) is 1. The minimum absolute atomic E-state index is 0.295. The number of rotatable bonds is 1. The van der Waals surface area contributed by atoms with Crippen LogP contribution in [0.5, 0.6) is 0 Å². The molecule has 1 aliphatic rings. The number of hydrogen-bond acceptors (Lipinski definition) is 4. The molecule has 1 heterocycles. The van der Waals surface area contributed by atoms with Gasteiger partial charge in [-0.2, -0.15) is 0 Å². The van der Waals surface area contributed by atoms with Crippen molar-refractivity contribution in [3.63, 3.8) is 0 Å². The number of morpholine rings is 1. The first-order valence-corrected chi connectivity index (χ1v) is 6.19. The molecule has 7 heteroatoms. The molecular weight excluding hydrogens is 270 g/mol. The number of halogens is 1. The van der Waals surface area contributed by atoms with E-state index >= 15 is 0 Å². The lowest BCUT2D eigenvalue weighted by atomic mass is 10.2. The number of benzene rings is 1. The molecule has 2 rings (SSSR count). The molecular formula is C12H14ClN3O3. The number of nitrogens with one attached hydrogen (secondary N) is 1. The van der Waals surface area contributed by atoms with Crippen LogP contribution in [0, 0.1) is 0 Å². The predicted octanol–water partition coefficient (Wildman–Crippen LogP) is 0.719. The molecule has 1 fully saturated rings. The van der Waals surface area contributed by atoms with Crippen LogP contribution >= 0.6 is 11.6 Å². The summed E-state index contributed by atoms with van der Waals surface area (Å²) in [5.74, 6) is -1.30. The van der Waals surface area contributed by atoms with E-state index in [1.54, 1.807) is 12.1 Å². The quantitative estimate of drug-likeness (QED) is 0.587. The summed E-state index contributed by atoms with van der Waals surface area (Å²) in [5.41, 5.74) is 6.40. The number of carbonyl (C=O) groups is 2. The van der Waals surface area contributed by atoms with Crippen molar-refractivity contribution in [2.45, 2.75) is 0 Å². The van der Waals surface area contributed by atoms with Crippen LogP contribution in [-0.4, -0.2) is 43.0 Å². The van der Waals surface area contributed by atoms with Crippen molar-refractivity contribution in [1.29, 1.82) is 0 Å². The summed E-state index contributed by atoms with van der Waals surface area (Å²) in [6, 6.07) is 4.67. The molecule has 6 nitrogen and oxygen atoms in total. The van der Waals surface area contributed by atoms with Crippen LogP contribution < -0.4 is 11.1 Å². The third kappa shape index (κ3) is 3.36. The molecule has 1 aliphatic heterocycles. The van der Waals surface area contributed by atoms with Gasteiger partial charge in [-0.25, -0.2) is 0 Å². The van der Waals surface area contributed by atoms with Crippen LogP contribution in [-0.2, 0) is 14.3 Å². The zero-order valence-electron chi connectivity index (χ0n) is 10.2. The number of hydrogen-bond donors (Lipinski definition) is 2. The minimum Gasteiger partial charge on any atom is -0.399 e. The molecule has 102 valence electrons. The molecule has 0 atom stereocenters. The van der Waals surface area contributed by atoms with Crippen molar-refractivity contribution >= 4 is 34.8 Å². The molecule has 0 spiro atoms. The van der Waals surface area contributed by atoms with Gasteiger partial charge in [0.05, 0.1) is 23.9 Å². The van der Waals surface area contributed by atoms with Gasteiger partial charge in [0, 0.05) is 18.8 Å². The fourth-order valence-electron chi connectivity index (χ4n) is 1.72. The molecule has 1 aromatic rings. The van der Waals surface area contributed by atoms with Gasteiger partial charge in [0.25, 0.3) is 0 Å². The lowest BCUT2D eigenvalue weighted by Gasteiger charge is -2.26. The van der Waals surface area contributed by atoms with Crippen LogP contribution in [0.4, 0.5) is 11.4 Å². The minimum atomic E-state index is -0.714. The highest BCUT2D eigenvalue weighted by atomic mass is 35.5. The number of amides is 2. The van der Waals surface area contributed by atoms with Gasteiger partial charge in [0.15, 0.2) is 0 Å². The Morgan fingerprint density at radius 3 is 2.63 bits per heavy atom. The maximum Gasteiger partial charge on any atom is 0.313 e. The highest BCUT2D eigenvalue weighted by molar-refractivity contribution is 6.41. The van der Waals surface area contributed by atoms with Gasteiger partial charge < -0.3 is 20.7 Å². The van der Waals surface area contributed by atoms with Gasteiger partial charge in [-0.15, -0.1) is 0 Å². The van der Waals surface area contributed by atoms with Gasteiger partial charge >= 0.3 is 11.8 Å². The van der Waals surface area contributed by atoms with E-state index in [1.165, 1.54) is 11.0 Å². The van der Waals surface area contributed by atoms with Crippen molar-refractivity contribution < 1.29 is 14.3 Å². The molecule has 2 amide bonds. The third-order valence-corrected chi connectivity index (χ3v) is 3.05. The first kappa shape index (κ1) is 13.6. The summed E-state index contributed by atoms with van der Waals surface area (Å²) < 4.78 is 5.12. The summed E-state index contributed by atoms with van der Waals surface area (Å²) in [6.07, 6.45) is 0. The van der Waals surface area contributed by atoms with Crippen molar-refractivity contribution in [3.05, 3.63) is 23.2 Å². The summed E-state index contributed by atoms with van der Waals surface area (Å²) in [4.78, 5) is 25.1. The van der Waals surface area contributed by atoms with Gasteiger partial charge in [0.1, 0.15) is 0 Å². The van der Waals surface area contributed by atoms with Crippen LogP contribution in [0.3, 0.4) is 0 Å². The molecule has 1 aromatic carbocycles. The number of ether oxygens (including phenoxy) is 1. The normalized spacial score (nSPS) is 15.1. The van der Waals surface area contributed by atoms with E-state index in [4.69, 9.17) is 22.1 Å². The van der Waals surface area contributed by atoms with E-state index in [-0.39, 0.29) is 0 Å². The van der Waals surface area contributed by atoms with E-state index in [1.807, 2.05) is 0 Å². The molecule has 1 saturated heterocycles. The lowest BCUT2D eigenvalue weighted by molar-refractivity contribution is -0.145. The predicted molar refractivity (Wildman–Crippen MR) is 71.9 cm³/mol. The Hall–Kier alpha value is -1.79.